The summed E-state index contributed by atoms with van der Waals surface area (Å²) in [5.74, 6) is -0.651. The minimum Gasteiger partial charge on any atom is -0.452 e. The number of carbonyl (C=O) groups excluding carboxylic acids is 2. The van der Waals surface area contributed by atoms with Crippen molar-refractivity contribution in [3.63, 3.8) is 0 Å². The molecule has 3 rings (SSSR count). The number of benzene rings is 3. The molecule has 0 aliphatic carbocycles. The highest BCUT2D eigenvalue weighted by Crippen LogP contribution is 2.29. The Kier molecular flexibility index (Phi) is 5.45. The highest BCUT2D eigenvalue weighted by molar-refractivity contribution is 6.16. The van der Waals surface area contributed by atoms with Crippen molar-refractivity contribution >= 4 is 33.4 Å². The quantitative estimate of drug-likeness (QED) is 0.483. The Morgan fingerprint density at radius 2 is 1.33 bits per heavy atom. The van der Waals surface area contributed by atoms with Crippen LogP contribution in [0.25, 0.3) is 21.5 Å². The molecule has 3 aromatic carbocycles. The Hall–Kier alpha value is -2.88. The average molecular weight is 363 g/mol. The predicted octanol–water partition coefficient (Wildman–Crippen LogP) is 4.80. The van der Waals surface area contributed by atoms with Gasteiger partial charge in [-0.15, -0.1) is 0 Å². The van der Waals surface area contributed by atoms with E-state index in [1.807, 2.05) is 76.2 Å². The molecule has 27 heavy (non-hydrogen) atoms. The second kappa shape index (κ2) is 7.78. The van der Waals surface area contributed by atoms with Gasteiger partial charge in [-0.05, 0) is 55.3 Å². The molecular weight excluding hydrogens is 338 g/mol. The lowest BCUT2D eigenvalue weighted by Crippen LogP contribution is -2.44. The van der Waals surface area contributed by atoms with Gasteiger partial charge in [-0.25, -0.2) is 4.79 Å². The van der Waals surface area contributed by atoms with Crippen molar-refractivity contribution in [3.05, 3.63) is 60.2 Å². The first-order chi connectivity index (χ1) is 12.9. The maximum Gasteiger partial charge on any atom is 0.339 e. The lowest BCUT2D eigenvalue weighted by molar-refractivity contribution is -0.138. The van der Waals surface area contributed by atoms with E-state index >= 15 is 0 Å². The number of esters is 1. The van der Waals surface area contributed by atoms with Crippen LogP contribution in [0.3, 0.4) is 0 Å². The van der Waals surface area contributed by atoms with E-state index in [-0.39, 0.29) is 24.6 Å². The van der Waals surface area contributed by atoms with Crippen LogP contribution >= 0.6 is 0 Å². The van der Waals surface area contributed by atoms with Crippen LogP contribution < -0.4 is 0 Å². The first-order valence-corrected chi connectivity index (χ1v) is 9.29. The number of fused-ring (bicyclic) bond motifs is 2. The van der Waals surface area contributed by atoms with Gasteiger partial charge < -0.3 is 9.64 Å². The molecule has 0 heterocycles. The van der Waals surface area contributed by atoms with Gasteiger partial charge >= 0.3 is 5.97 Å². The van der Waals surface area contributed by atoms with Crippen molar-refractivity contribution in [1.82, 2.24) is 4.90 Å². The number of rotatable bonds is 5. The molecule has 3 aromatic rings. The SMILES string of the molecule is CC(C)N(C(=O)COC(=O)c1c2ccccc2cc2ccccc12)C(C)C. The number of amides is 1. The molecule has 140 valence electrons. The van der Waals surface area contributed by atoms with E-state index in [1.165, 1.54) is 0 Å². The first kappa shape index (κ1) is 18.9. The molecule has 0 atom stereocenters. The molecule has 0 radical (unpaired) electrons. The molecule has 4 heteroatoms. The summed E-state index contributed by atoms with van der Waals surface area (Å²) in [6, 6.07) is 17.6. The third-order valence-corrected chi connectivity index (χ3v) is 4.70. The van der Waals surface area contributed by atoms with Gasteiger partial charge in [-0.2, -0.15) is 0 Å². The molecule has 0 unspecified atom stereocenters. The monoisotopic (exact) mass is 363 g/mol. The van der Waals surface area contributed by atoms with E-state index in [9.17, 15) is 9.59 Å². The van der Waals surface area contributed by atoms with Crippen LogP contribution in [0.15, 0.2) is 54.6 Å². The number of hydrogen-bond acceptors (Lipinski definition) is 3. The Labute approximate surface area is 159 Å². The Balaban J connectivity index is 1.94. The van der Waals surface area contributed by atoms with Gasteiger partial charge in [0.25, 0.3) is 5.91 Å². The topological polar surface area (TPSA) is 46.6 Å². The van der Waals surface area contributed by atoms with E-state index < -0.39 is 5.97 Å². The standard InChI is InChI=1S/C23H25NO3/c1-15(2)24(16(3)4)21(25)14-27-23(26)22-19-11-7-5-9-17(19)13-18-10-6-8-12-20(18)22/h5-13,15-16H,14H2,1-4H3. The van der Waals surface area contributed by atoms with Gasteiger partial charge in [0.05, 0.1) is 5.56 Å². The second-order valence-corrected chi connectivity index (χ2v) is 7.26. The number of nitrogens with zero attached hydrogens (tertiary/aromatic N) is 1. The highest BCUT2D eigenvalue weighted by Gasteiger charge is 2.23. The van der Waals surface area contributed by atoms with Gasteiger partial charge in [-0.1, -0.05) is 48.5 Å². The summed E-state index contributed by atoms with van der Waals surface area (Å²) in [5.41, 5.74) is 0.511. The minimum atomic E-state index is -0.469. The van der Waals surface area contributed by atoms with Crippen LogP contribution in [0.1, 0.15) is 38.1 Å². The summed E-state index contributed by atoms with van der Waals surface area (Å²) in [6.45, 7) is 7.57. The fourth-order valence-electron chi connectivity index (χ4n) is 3.68. The third kappa shape index (κ3) is 3.80. The zero-order valence-corrected chi connectivity index (χ0v) is 16.2. The van der Waals surface area contributed by atoms with Crippen molar-refractivity contribution in [3.8, 4) is 0 Å². The molecule has 4 nitrogen and oxygen atoms in total. The van der Waals surface area contributed by atoms with Gasteiger partial charge in [-0.3, -0.25) is 4.79 Å². The lowest BCUT2D eigenvalue weighted by Gasteiger charge is -2.30. The molecule has 0 aliphatic heterocycles. The van der Waals surface area contributed by atoms with E-state index in [4.69, 9.17) is 4.74 Å². The van der Waals surface area contributed by atoms with Crippen LogP contribution in [-0.4, -0.2) is 35.5 Å². The van der Waals surface area contributed by atoms with Gasteiger partial charge in [0, 0.05) is 12.1 Å². The molecule has 0 aromatic heterocycles. The fourth-order valence-corrected chi connectivity index (χ4v) is 3.68. The van der Waals surface area contributed by atoms with Crippen LogP contribution in [-0.2, 0) is 9.53 Å². The Morgan fingerprint density at radius 1 is 0.852 bits per heavy atom. The van der Waals surface area contributed by atoms with Crippen LogP contribution in [0.2, 0.25) is 0 Å². The summed E-state index contributed by atoms with van der Waals surface area (Å²) >= 11 is 0. The van der Waals surface area contributed by atoms with E-state index in [0.29, 0.717) is 5.56 Å². The van der Waals surface area contributed by atoms with Gasteiger partial charge in [0.1, 0.15) is 0 Å². The molecule has 0 spiro atoms. The Morgan fingerprint density at radius 3 is 1.81 bits per heavy atom. The molecular formula is C23H25NO3. The minimum absolute atomic E-state index is 0.0505. The summed E-state index contributed by atoms with van der Waals surface area (Å²) < 4.78 is 5.46. The van der Waals surface area contributed by atoms with Crippen LogP contribution in [0, 0.1) is 0 Å². The molecule has 0 saturated heterocycles. The molecule has 0 saturated carbocycles. The number of ether oxygens (including phenoxy) is 1. The van der Waals surface area contributed by atoms with Gasteiger partial charge in [0.2, 0.25) is 0 Å². The van der Waals surface area contributed by atoms with E-state index in [0.717, 1.165) is 21.5 Å². The second-order valence-electron chi connectivity index (χ2n) is 7.26. The zero-order valence-electron chi connectivity index (χ0n) is 16.2. The summed E-state index contributed by atoms with van der Waals surface area (Å²) in [5, 5.41) is 3.61. The Bertz CT molecular complexity index is 929. The van der Waals surface area contributed by atoms with Gasteiger partial charge in [0.15, 0.2) is 6.61 Å². The van der Waals surface area contributed by atoms with Crippen molar-refractivity contribution in [2.75, 3.05) is 6.61 Å². The summed E-state index contributed by atoms with van der Waals surface area (Å²) in [4.78, 5) is 27.2. The highest BCUT2D eigenvalue weighted by atomic mass is 16.5. The largest absolute Gasteiger partial charge is 0.452 e. The van der Waals surface area contributed by atoms with Crippen molar-refractivity contribution < 1.29 is 14.3 Å². The number of hydrogen-bond donors (Lipinski definition) is 0. The summed E-state index contributed by atoms with van der Waals surface area (Å²) in [6.07, 6.45) is 0. The summed E-state index contributed by atoms with van der Waals surface area (Å²) in [7, 11) is 0. The zero-order chi connectivity index (χ0) is 19.6. The maximum atomic E-state index is 12.9. The lowest BCUT2D eigenvalue weighted by atomic mass is 9.97. The first-order valence-electron chi connectivity index (χ1n) is 9.29. The average Bonchev–Trinajstić information content (AvgIpc) is 2.63. The molecule has 0 N–H and O–H groups in total. The van der Waals surface area contributed by atoms with Crippen molar-refractivity contribution in [2.24, 2.45) is 0 Å². The number of carbonyl (C=O) groups is 2. The molecule has 0 fully saturated rings. The fraction of sp³-hybridized carbons (Fsp3) is 0.304. The van der Waals surface area contributed by atoms with Crippen LogP contribution in [0.5, 0.6) is 0 Å². The van der Waals surface area contributed by atoms with E-state index in [1.54, 1.807) is 4.90 Å². The molecule has 0 aliphatic rings. The van der Waals surface area contributed by atoms with Crippen molar-refractivity contribution in [1.29, 1.82) is 0 Å². The predicted molar refractivity (Wildman–Crippen MR) is 109 cm³/mol. The molecule has 1 amide bonds. The maximum absolute atomic E-state index is 12.9. The molecule has 0 bridgehead atoms. The van der Waals surface area contributed by atoms with E-state index in [2.05, 4.69) is 6.07 Å². The van der Waals surface area contributed by atoms with Crippen molar-refractivity contribution in [2.45, 2.75) is 39.8 Å². The third-order valence-electron chi connectivity index (χ3n) is 4.70. The smallest absolute Gasteiger partial charge is 0.339 e. The van der Waals surface area contributed by atoms with Crippen LogP contribution in [0.4, 0.5) is 0 Å². The normalized spacial score (nSPS) is 11.3.